The Balaban J connectivity index is 2.46. The number of aryl methyl sites for hydroxylation is 1. The second kappa shape index (κ2) is 4.11. The molecule has 2 rings (SSSR count). The van der Waals surface area contributed by atoms with Gasteiger partial charge in [0, 0.05) is 0 Å². The van der Waals surface area contributed by atoms with Gasteiger partial charge in [0.1, 0.15) is 0 Å². The number of hydrogen-bond donors (Lipinski definition) is 2. The first kappa shape index (κ1) is 10.3. The molecule has 1 atom stereocenters. The van der Waals surface area contributed by atoms with Gasteiger partial charge in [0.2, 0.25) is 0 Å². The highest BCUT2D eigenvalue weighted by molar-refractivity contribution is 5.47. The second-order valence-corrected chi connectivity index (χ2v) is 3.98. The summed E-state index contributed by atoms with van der Waals surface area (Å²) < 4.78 is 5.06. The van der Waals surface area contributed by atoms with Crippen molar-refractivity contribution in [3.63, 3.8) is 0 Å². The van der Waals surface area contributed by atoms with Crippen molar-refractivity contribution in [3.8, 4) is 11.5 Å². The molecule has 1 aliphatic rings. The van der Waals surface area contributed by atoms with Crippen molar-refractivity contribution in [3.05, 3.63) is 23.3 Å². The van der Waals surface area contributed by atoms with Crippen molar-refractivity contribution in [2.45, 2.75) is 31.8 Å². The van der Waals surface area contributed by atoms with Crippen LogP contribution in [0.1, 0.15) is 36.5 Å². The number of phenolic OH excluding ortho intramolecular Hbond substituents is 1. The van der Waals surface area contributed by atoms with Crippen molar-refractivity contribution in [2.75, 3.05) is 7.11 Å². The molecule has 1 aromatic carbocycles. The van der Waals surface area contributed by atoms with E-state index in [2.05, 4.69) is 0 Å². The number of rotatable bonds is 1. The Labute approximate surface area is 89.3 Å². The first-order valence-electron chi connectivity index (χ1n) is 5.30. The van der Waals surface area contributed by atoms with Gasteiger partial charge >= 0.3 is 0 Å². The van der Waals surface area contributed by atoms with E-state index in [0.29, 0.717) is 5.75 Å². The van der Waals surface area contributed by atoms with Gasteiger partial charge in [-0.25, -0.2) is 0 Å². The number of aliphatic hydroxyl groups is 1. The number of phenols is 1. The highest BCUT2D eigenvalue weighted by atomic mass is 16.5. The summed E-state index contributed by atoms with van der Waals surface area (Å²) in [5.74, 6) is 0.597. The summed E-state index contributed by atoms with van der Waals surface area (Å²) >= 11 is 0. The van der Waals surface area contributed by atoms with E-state index >= 15 is 0 Å². The van der Waals surface area contributed by atoms with Crippen LogP contribution in [-0.4, -0.2) is 17.3 Å². The van der Waals surface area contributed by atoms with Crippen LogP contribution >= 0.6 is 0 Å². The number of ether oxygens (including phenoxy) is 1. The Morgan fingerprint density at radius 3 is 2.87 bits per heavy atom. The fourth-order valence-corrected chi connectivity index (χ4v) is 2.13. The van der Waals surface area contributed by atoms with Gasteiger partial charge < -0.3 is 14.9 Å². The zero-order valence-electron chi connectivity index (χ0n) is 8.86. The first-order valence-corrected chi connectivity index (χ1v) is 5.30. The van der Waals surface area contributed by atoms with E-state index in [4.69, 9.17) is 4.74 Å². The maximum atomic E-state index is 9.88. The van der Waals surface area contributed by atoms with Crippen molar-refractivity contribution in [1.29, 1.82) is 0 Å². The molecule has 3 heteroatoms. The third kappa shape index (κ3) is 1.92. The average Bonchev–Trinajstić information content (AvgIpc) is 2.40. The lowest BCUT2D eigenvalue weighted by molar-refractivity contribution is 0.166. The Morgan fingerprint density at radius 2 is 2.13 bits per heavy atom. The van der Waals surface area contributed by atoms with E-state index < -0.39 is 6.10 Å². The lowest BCUT2D eigenvalue weighted by Gasteiger charge is -2.14. The van der Waals surface area contributed by atoms with Crippen LogP contribution in [0.25, 0.3) is 0 Å². The molecule has 0 spiro atoms. The minimum absolute atomic E-state index is 0.109. The predicted octanol–water partition coefficient (Wildman–Crippen LogP) is 2.16. The molecule has 1 aromatic rings. The van der Waals surface area contributed by atoms with Gasteiger partial charge in [-0.3, -0.25) is 0 Å². The topological polar surface area (TPSA) is 49.7 Å². The van der Waals surface area contributed by atoms with Crippen LogP contribution in [0, 0.1) is 0 Å². The van der Waals surface area contributed by atoms with Crippen LogP contribution in [0.4, 0.5) is 0 Å². The van der Waals surface area contributed by atoms with Gasteiger partial charge in [-0.2, -0.15) is 0 Å². The Morgan fingerprint density at radius 1 is 1.33 bits per heavy atom. The number of aliphatic hydroxyl groups excluding tert-OH is 1. The summed E-state index contributed by atoms with van der Waals surface area (Å²) in [6, 6.07) is 3.46. The van der Waals surface area contributed by atoms with Gasteiger partial charge in [0.15, 0.2) is 11.5 Å². The molecule has 82 valence electrons. The van der Waals surface area contributed by atoms with Gasteiger partial charge in [-0.1, -0.05) is 6.42 Å². The van der Waals surface area contributed by atoms with Gasteiger partial charge in [0.05, 0.1) is 13.2 Å². The molecule has 0 fully saturated rings. The van der Waals surface area contributed by atoms with Crippen molar-refractivity contribution < 1.29 is 14.9 Å². The fraction of sp³-hybridized carbons (Fsp3) is 0.500. The zero-order chi connectivity index (χ0) is 10.8. The molecule has 0 heterocycles. The molecule has 0 unspecified atom stereocenters. The predicted molar refractivity (Wildman–Crippen MR) is 57.2 cm³/mol. The average molecular weight is 208 g/mol. The maximum absolute atomic E-state index is 9.88. The molecule has 2 N–H and O–H groups in total. The molecule has 0 bridgehead atoms. The Kier molecular flexibility index (Phi) is 2.82. The van der Waals surface area contributed by atoms with E-state index in [1.807, 2.05) is 6.07 Å². The lowest BCUT2D eigenvalue weighted by Crippen LogP contribution is -1.99. The van der Waals surface area contributed by atoms with E-state index in [0.717, 1.165) is 36.8 Å². The summed E-state index contributed by atoms with van der Waals surface area (Å²) in [7, 11) is 1.54. The summed E-state index contributed by atoms with van der Waals surface area (Å²) in [5, 5.41) is 19.5. The SMILES string of the molecule is COc1cc2c(cc1O)[C@@H](O)CCCC2. The minimum Gasteiger partial charge on any atom is -0.504 e. The quantitative estimate of drug-likeness (QED) is 0.695. The number of aromatic hydroxyl groups is 1. The van der Waals surface area contributed by atoms with Gasteiger partial charge in [-0.15, -0.1) is 0 Å². The normalized spacial score (nSPS) is 20.5. The monoisotopic (exact) mass is 208 g/mol. The van der Waals surface area contributed by atoms with Crippen LogP contribution < -0.4 is 4.74 Å². The minimum atomic E-state index is -0.445. The number of fused-ring (bicyclic) bond motifs is 1. The number of methoxy groups -OCH3 is 1. The highest BCUT2D eigenvalue weighted by Crippen LogP contribution is 2.36. The summed E-state index contributed by atoms with van der Waals surface area (Å²) in [6.45, 7) is 0. The molecule has 1 aliphatic carbocycles. The van der Waals surface area contributed by atoms with Crippen LogP contribution in [0.5, 0.6) is 11.5 Å². The highest BCUT2D eigenvalue weighted by Gasteiger charge is 2.18. The summed E-state index contributed by atoms with van der Waals surface area (Å²) in [4.78, 5) is 0. The summed E-state index contributed by atoms with van der Waals surface area (Å²) in [5.41, 5.74) is 1.94. The molecule has 0 saturated carbocycles. The number of benzene rings is 1. The molecule has 0 radical (unpaired) electrons. The second-order valence-electron chi connectivity index (χ2n) is 3.98. The molecular weight excluding hydrogens is 192 g/mol. The van der Waals surface area contributed by atoms with E-state index in [1.165, 1.54) is 7.11 Å². The van der Waals surface area contributed by atoms with Crippen LogP contribution in [-0.2, 0) is 6.42 Å². The molecule has 0 amide bonds. The van der Waals surface area contributed by atoms with E-state index in [1.54, 1.807) is 6.07 Å². The van der Waals surface area contributed by atoms with Crippen LogP contribution in [0.3, 0.4) is 0 Å². The third-order valence-electron chi connectivity index (χ3n) is 2.97. The lowest BCUT2D eigenvalue weighted by atomic mass is 10.0. The van der Waals surface area contributed by atoms with Crippen molar-refractivity contribution in [2.24, 2.45) is 0 Å². The smallest absolute Gasteiger partial charge is 0.160 e. The van der Waals surface area contributed by atoms with Crippen molar-refractivity contribution in [1.82, 2.24) is 0 Å². The third-order valence-corrected chi connectivity index (χ3v) is 2.97. The molecular formula is C12H16O3. The van der Waals surface area contributed by atoms with Crippen LogP contribution in [0.2, 0.25) is 0 Å². The Hall–Kier alpha value is -1.22. The zero-order valence-corrected chi connectivity index (χ0v) is 8.86. The first-order chi connectivity index (χ1) is 7.22. The molecule has 0 saturated heterocycles. The summed E-state index contributed by atoms with van der Waals surface area (Å²) in [6.07, 6.45) is 3.39. The van der Waals surface area contributed by atoms with E-state index in [9.17, 15) is 10.2 Å². The van der Waals surface area contributed by atoms with Crippen molar-refractivity contribution >= 4 is 0 Å². The largest absolute Gasteiger partial charge is 0.504 e. The maximum Gasteiger partial charge on any atom is 0.160 e. The Bertz CT molecular complexity index is 360. The fourth-order valence-electron chi connectivity index (χ4n) is 2.13. The molecule has 0 aliphatic heterocycles. The number of hydrogen-bond acceptors (Lipinski definition) is 3. The van der Waals surface area contributed by atoms with Gasteiger partial charge in [-0.05, 0) is 42.5 Å². The standard InChI is InChI=1S/C12H16O3/c1-15-12-6-8-4-2-3-5-10(13)9(8)7-11(12)14/h6-7,10,13-14H,2-5H2,1H3/t10-/m0/s1. The van der Waals surface area contributed by atoms with Crippen LogP contribution in [0.15, 0.2) is 12.1 Å². The molecule has 0 aromatic heterocycles. The molecule has 3 nitrogen and oxygen atoms in total. The molecule has 15 heavy (non-hydrogen) atoms. The van der Waals surface area contributed by atoms with E-state index in [-0.39, 0.29) is 5.75 Å². The van der Waals surface area contributed by atoms with Gasteiger partial charge in [0.25, 0.3) is 0 Å².